The fourth-order valence-corrected chi connectivity index (χ4v) is 1.58. The van der Waals surface area contributed by atoms with Gasteiger partial charge in [-0.05, 0) is 24.8 Å². The van der Waals surface area contributed by atoms with Crippen LogP contribution in [-0.4, -0.2) is 18.8 Å². The van der Waals surface area contributed by atoms with Crippen LogP contribution < -0.4 is 5.32 Å². The predicted molar refractivity (Wildman–Crippen MR) is 67.1 cm³/mol. The molecule has 0 saturated carbocycles. The molecule has 1 heterocycles. The van der Waals surface area contributed by atoms with Crippen molar-refractivity contribution in [2.45, 2.75) is 32.0 Å². The molecule has 0 aromatic heterocycles. The zero-order chi connectivity index (χ0) is 12.6. The molecule has 1 aliphatic rings. The standard InChI is InChI=1S/C13H17N3O2/c17-13(14-9-5-4-8-12-15-16-12)18-10-11-6-2-1-3-7-11/h1-3,6-7,12H,4-5,8-10H2,(H,14,17). The topological polar surface area (TPSA) is 63.0 Å². The first-order valence-electron chi connectivity index (χ1n) is 6.19. The van der Waals surface area contributed by atoms with Crippen LogP contribution in [0.25, 0.3) is 0 Å². The summed E-state index contributed by atoms with van der Waals surface area (Å²) in [5, 5.41) is 10.3. The third-order valence-corrected chi connectivity index (χ3v) is 2.65. The van der Waals surface area contributed by atoms with Gasteiger partial charge in [0, 0.05) is 6.54 Å². The van der Waals surface area contributed by atoms with Crippen LogP contribution in [0.5, 0.6) is 0 Å². The summed E-state index contributed by atoms with van der Waals surface area (Å²) in [5.74, 6) is 0. The Morgan fingerprint density at radius 3 is 2.72 bits per heavy atom. The molecule has 1 amide bonds. The van der Waals surface area contributed by atoms with E-state index in [9.17, 15) is 4.79 Å². The number of unbranched alkanes of at least 4 members (excludes halogenated alkanes) is 1. The molecule has 0 spiro atoms. The minimum atomic E-state index is -0.361. The van der Waals surface area contributed by atoms with E-state index in [2.05, 4.69) is 15.5 Å². The van der Waals surface area contributed by atoms with Gasteiger partial charge in [-0.2, -0.15) is 10.2 Å². The minimum absolute atomic E-state index is 0.232. The van der Waals surface area contributed by atoms with Gasteiger partial charge in [0.1, 0.15) is 6.61 Å². The van der Waals surface area contributed by atoms with Crippen molar-refractivity contribution in [2.24, 2.45) is 10.2 Å². The molecule has 96 valence electrons. The van der Waals surface area contributed by atoms with Crippen molar-refractivity contribution in [3.05, 3.63) is 35.9 Å². The number of rotatable bonds is 7. The fraction of sp³-hybridized carbons (Fsp3) is 0.462. The number of nitrogens with one attached hydrogen (secondary N) is 1. The summed E-state index contributed by atoms with van der Waals surface area (Å²) in [6.07, 6.45) is 2.81. The molecular formula is C13H17N3O2. The van der Waals surface area contributed by atoms with Gasteiger partial charge < -0.3 is 10.1 Å². The zero-order valence-electron chi connectivity index (χ0n) is 10.2. The molecule has 1 aliphatic heterocycles. The van der Waals surface area contributed by atoms with Gasteiger partial charge in [0.05, 0.1) is 0 Å². The van der Waals surface area contributed by atoms with E-state index in [4.69, 9.17) is 4.74 Å². The highest BCUT2D eigenvalue weighted by atomic mass is 16.5. The molecule has 1 N–H and O–H groups in total. The lowest BCUT2D eigenvalue weighted by Gasteiger charge is -2.06. The predicted octanol–water partition coefficient (Wildman–Crippen LogP) is 2.88. The number of alkyl carbamates (subject to hydrolysis) is 1. The van der Waals surface area contributed by atoms with E-state index in [1.54, 1.807) is 0 Å². The SMILES string of the molecule is O=C(NCCCCC1N=N1)OCc1ccccc1. The Morgan fingerprint density at radius 2 is 2.00 bits per heavy atom. The second-order valence-corrected chi connectivity index (χ2v) is 4.20. The van der Waals surface area contributed by atoms with Crippen LogP contribution in [-0.2, 0) is 11.3 Å². The number of carbonyl (C=O) groups excluding carboxylic acids is 1. The smallest absolute Gasteiger partial charge is 0.407 e. The molecule has 18 heavy (non-hydrogen) atoms. The van der Waals surface area contributed by atoms with Gasteiger partial charge in [-0.25, -0.2) is 4.79 Å². The van der Waals surface area contributed by atoms with Gasteiger partial charge in [-0.15, -0.1) is 0 Å². The van der Waals surface area contributed by atoms with Crippen LogP contribution in [0.15, 0.2) is 40.6 Å². The summed E-state index contributed by atoms with van der Waals surface area (Å²) in [6.45, 7) is 0.951. The summed E-state index contributed by atoms with van der Waals surface area (Å²) >= 11 is 0. The third-order valence-electron chi connectivity index (χ3n) is 2.65. The molecule has 0 unspecified atom stereocenters. The first kappa shape index (κ1) is 12.5. The van der Waals surface area contributed by atoms with Crippen molar-refractivity contribution in [2.75, 3.05) is 6.54 Å². The average molecular weight is 247 g/mol. The van der Waals surface area contributed by atoms with E-state index < -0.39 is 0 Å². The molecule has 0 saturated heterocycles. The van der Waals surface area contributed by atoms with E-state index in [0.29, 0.717) is 13.2 Å². The molecule has 2 rings (SSSR count). The normalized spacial score (nSPS) is 13.3. The third kappa shape index (κ3) is 4.95. The molecule has 1 aromatic rings. The molecule has 5 heteroatoms. The largest absolute Gasteiger partial charge is 0.445 e. The lowest BCUT2D eigenvalue weighted by atomic mass is 10.2. The number of benzene rings is 1. The molecule has 0 radical (unpaired) electrons. The van der Waals surface area contributed by atoms with Gasteiger partial charge in [0.15, 0.2) is 6.17 Å². The summed E-state index contributed by atoms with van der Waals surface area (Å²) in [6, 6.07) is 9.63. The molecular weight excluding hydrogens is 230 g/mol. The van der Waals surface area contributed by atoms with Crippen molar-refractivity contribution in [1.82, 2.24) is 5.32 Å². The van der Waals surface area contributed by atoms with Crippen molar-refractivity contribution >= 4 is 6.09 Å². The first-order valence-corrected chi connectivity index (χ1v) is 6.19. The summed E-state index contributed by atoms with van der Waals surface area (Å²) < 4.78 is 5.08. The lowest BCUT2D eigenvalue weighted by Crippen LogP contribution is -2.25. The molecule has 0 atom stereocenters. The number of hydrogen-bond acceptors (Lipinski definition) is 4. The fourth-order valence-electron chi connectivity index (χ4n) is 1.58. The van der Waals surface area contributed by atoms with E-state index in [1.807, 2.05) is 30.3 Å². The highest BCUT2D eigenvalue weighted by Gasteiger charge is 2.13. The van der Waals surface area contributed by atoms with Gasteiger partial charge in [-0.3, -0.25) is 0 Å². The van der Waals surface area contributed by atoms with Crippen LogP contribution in [0, 0.1) is 0 Å². The summed E-state index contributed by atoms with van der Waals surface area (Å²) in [4.78, 5) is 11.4. The number of ether oxygens (including phenoxy) is 1. The number of nitrogens with zero attached hydrogens (tertiary/aromatic N) is 2. The molecule has 0 fully saturated rings. The van der Waals surface area contributed by atoms with Crippen LogP contribution in [0.1, 0.15) is 24.8 Å². The highest BCUT2D eigenvalue weighted by molar-refractivity contribution is 5.67. The molecule has 1 aromatic carbocycles. The maximum Gasteiger partial charge on any atom is 0.407 e. The zero-order valence-corrected chi connectivity index (χ0v) is 10.2. The van der Waals surface area contributed by atoms with Crippen molar-refractivity contribution < 1.29 is 9.53 Å². The number of hydrogen-bond donors (Lipinski definition) is 1. The van der Waals surface area contributed by atoms with Gasteiger partial charge in [-0.1, -0.05) is 30.3 Å². The lowest BCUT2D eigenvalue weighted by molar-refractivity contribution is 0.139. The quantitative estimate of drug-likeness (QED) is 0.753. The Kier molecular flexibility index (Phi) is 4.69. The average Bonchev–Trinajstić information content (AvgIpc) is 3.21. The second-order valence-electron chi connectivity index (χ2n) is 4.20. The molecule has 5 nitrogen and oxygen atoms in total. The van der Waals surface area contributed by atoms with E-state index in [0.717, 1.165) is 24.8 Å². The van der Waals surface area contributed by atoms with E-state index in [-0.39, 0.29) is 12.3 Å². The van der Waals surface area contributed by atoms with Gasteiger partial charge in [0.25, 0.3) is 0 Å². The summed E-state index contributed by atoms with van der Waals surface area (Å²) in [7, 11) is 0. The molecule has 0 aliphatic carbocycles. The Morgan fingerprint density at radius 1 is 1.22 bits per heavy atom. The highest BCUT2D eigenvalue weighted by Crippen LogP contribution is 2.16. The van der Waals surface area contributed by atoms with Crippen molar-refractivity contribution in [3.8, 4) is 0 Å². The van der Waals surface area contributed by atoms with Crippen LogP contribution >= 0.6 is 0 Å². The van der Waals surface area contributed by atoms with E-state index in [1.165, 1.54) is 0 Å². The van der Waals surface area contributed by atoms with Gasteiger partial charge >= 0.3 is 6.09 Å². The number of carbonyl (C=O) groups is 1. The second kappa shape index (κ2) is 6.74. The summed E-state index contributed by atoms with van der Waals surface area (Å²) in [5.41, 5.74) is 0.990. The Hall–Kier alpha value is -1.91. The Balaban J connectivity index is 1.49. The van der Waals surface area contributed by atoms with Gasteiger partial charge in [0.2, 0.25) is 0 Å². The Labute approximate surface area is 106 Å². The van der Waals surface area contributed by atoms with E-state index >= 15 is 0 Å². The van der Waals surface area contributed by atoms with Crippen LogP contribution in [0.2, 0.25) is 0 Å². The maximum atomic E-state index is 11.4. The van der Waals surface area contributed by atoms with Crippen molar-refractivity contribution in [3.63, 3.8) is 0 Å². The first-order chi connectivity index (χ1) is 8.84. The number of amides is 1. The maximum absolute atomic E-state index is 11.4. The monoisotopic (exact) mass is 247 g/mol. The molecule has 0 bridgehead atoms. The Bertz CT molecular complexity index is 400. The minimum Gasteiger partial charge on any atom is -0.445 e. The van der Waals surface area contributed by atoms with Crippen LogP contribution in [0.3, 0.4) is 0 Å². The van der Waals surface area contributed by atoms with Crippen LogP contribution in [0.4, 0.5) is 4.79 Å². The van der Waals surface area contributed by atoms with Crippen molar-refractivity contribution in [1.29, 1.82) is 0 Å².